The molecule has 0 aliphatic heterocycles. The molecule has 0 fully saturated rings. The highest BCUT2D eigenvalue weighted by Crippen LogP contribution is 2.17. The third-order valence-electron chi connectivity index (χ3n) is 5.50. The van der Waals surface area contributed by atoms with Crippen molar-refractivity contribution in [2.45, 2.75) is 111 Å². The van der Waals surface area contributed by atoms with Crippen LogP contribution < -0.4 is 5.73 Å². The Balaban J connectivity index is 3.52. The van der Waals surface area contributed by atoms with Crippen molar-refractivity contribution >= 4 is 5.91 Å². The molecule has 0 spiro atoms. The first-order chi connectivity index (χ1) is 12.2. The van der Waals surface area contributed by atoms with E-state index in [1.807, 2.05) is 0 Å². The molecule has 0 aromatic heterocycles. The highest BCUT2D eigenvalue weighted by molar-refractivity contribution is 5.76. The number of amides is 1. The second-order valence-corrected chi connectivity index (χ2v) is 7.59. The van der Waals surface area contributed by atoms with Crippen LogP contribution in [0.2, 0.25) is 0 Å². The fourth-order valence-electron chi connectivity index (χ4n) is 3.54. The largest absolute Gasteiger partial charge is 0.369 e. The van der Waals surface area contributed by atoms with E-state index in [1.165, 1.54) is 70.6 Å². The Hall–Kier alpha value is -0.570. The van der Waals surface area contributed by atoms with Gasteiger partial charge in [0.1, 0.15) is 0 Å². The Morgan fingerprint density at radius 1 is 0.720 bits per heavy atom. The van der Waals surface area contributed by atoms with Gasteiger partial charge in [0.15, 0.2) is 0 Å². The summed E-state index contributed by atoms with van der Waals surface area (Å²) >= 11 is 0. The molecule has 0 aromatic carbocycles. The number of nitrogens with zero attached hydrogens (tertiary/aromatic N) is 1. The Morgan fingerprint density at radius 3 is 1.56 bits per heavy atom. The van der Waals surface area contributed by atoms with E-state index in [2.05, 4.69) is 25.7 Å². The van der Waals surface area contributed by atoms with Crippen LogP contribution in [0.1, 0.15) is 111 Å². The van der Waals surface area contributed by atoms with Crippen LogP contribution in [0.15, 0.2) is 0 Å². The summed E-state index contributed by atoms with van der Waals surface area (Å²) in [5.41, 5.74) is 5.59. The average Bonchev–Trinajstić information content (AvgIpc) is 2.61. The summed E-state index contributed by atoms with van der Waals surface area (Å²) in [6.07, 6.45) is 18.2. The molecular formula is C22H46N2O. The molecule has 2 N–H and O–H groups in total. The summed E-state index contributed by atoms with van der Waals surface area (Å²) in [7, 11) is 0. The number of hydrogen-bond acceptors (Lipinski definition) is 2. The molecule has 0 saturated heterocycles. The van der Waals surface area contributed by atoms with Crippen molar-refractivity contribution < 1.29 is 4.79 Å². The lowest BCUT2D eigenvalue weighted by Crippen LogP contribution is -2.30. The Labute approximate surface area is 158 Å². The number of rotatable bonds is 19. The van der Waals surface area contributed by atoms with Gasteiger partial charge < -0.3 is 10.6 Å². The first-order valence-electron chi connectivity index (χ1n) is 11.2. The predicted octanol–water partition coefficient (Wildman–Crippen LogP) is 5.91. The van der Waals surface area contributed by atoms with Crippen LogP contribution in [0.25, 0.3) is 0 Å². The summed E-state index contributed by atoms with van der Waals surface area (Å²) in [5.74, 6) is -0.0288. The summed E-state index contributed by atoms with van der Waals surface area (Å²) in [6.45, 7) is 9.73. The van der Waals surface area contributed by atoms with E-state index in [4.69, 9.17) is 5.73 Å². The molecule has 0 bridgehead atoms. The van der Waals surface area contributed by atoms with Gasteiger partial charge in [0.25, 0.3) is 0 Å². The lowest BCUT2D eigenvalue weighted by atomic mass is 9.96. The number of primary amides is 1. The third kappa shape index (κ3) is 15.4. The summed E-state index contributed by atoms with van der Waals surface area (Å²) in [4.78, 5) is 14.0. The summed E-state index contributed by atoms with van der Waals surface area (Å²) in [6, 6.07) is 0. The number of carbonyl (C=O) groups is 1. The van der Waals surface area contributed by atoms with Crippen LogP contribution in [-0.4, -0.2) is 30.4 Å². The second kappa shape index (κ2) is 18.2. The monoisotopic (exact) mass is 354 g/mol. The predicted molar refractivity (Wildman–Crippen MR) is 111 cm³/mol. The minimum atomic E-state index is -0.102. The van der Waals surface area contributed by atoms with Crippen molar-refractivity contribution in [3.63, 3.8) is 0 Å². The molecule has 3 nitrogen and oxygen atoms in total. The lowest BCUT2D eigenvalue weighted by molar-refractivity contribution is -0.122. The number of hydrogen-bond donors (Lipinski definition) is 1. The van der Waals surface area contributed by atoms with Gasteiger partial charge in [-0.25, -0.2) is 0 Å². The fraction of sp³-hybridized carbons (Fsp3) is 0.955. The van der Waals surface area contributed by atoms with E-state index in [-0.39, 0.29) is 11.8 Å². The van der Waals surface area contributed by atoms with Gasteiger partial charge in [0.05, 0.1) is 0 Å². The van der Waals surface area contributed by atoms with Crippen molar-refractivity contribution in [3.05, 3.63) is 0 Å². The molecule has 0 aliphatic rings. The van der Waals surface area contributed by atoms with Crippen molar-refractivity contribution in [1.82, 2.24) is 4.90 Å². The van der Waals surface area contributed by atoms with Crippen LogP contribution >= 0.6 is 0 Å². The van der Waals surface area contributed by atoms with E-state index < -0.39 is 0 Å². The van der Waals surface area contributed by atoms with Crippen LogP contribution in [0.5, 0.6) is 0 Å². The van der Waals surface area contributed by atoms with Crippen LogP contribution in [-0.2, 0) is 4.79 Å². The second-order valence-electron chi connectivity index (χ2n) is 7.59. The first kappa shape index (κ1) is 24.4. The smallest absolute Gasteiger partial charge is 0.220 e. The standard InChI is InChI=1S/C22H46N2O/c1-4-7-8-9-10-11-12-13-14-15-16-17-18-21(22(23)25)19-20-24(5-2)6-3/h21H,4-20H2,1-3H3,(H2,23,25). The van der Waals surface area contributed by atoms with Crippen LogP contribution in [0.3, 0.4) is 0 Å². The zero-order valence-electron chi connectivity index (χ0n) is 17.5. The molecule has 0 heterocycles. The minimum absolute atomic E-state index is 0.0729. The zero-order valence-corrected chi connectivity index (χ0v) is 17.5. The molecule has 1 amide bonds. The molecule has 0 rings (SSSR count). The summed E-state index contributed by atoms with van der Waals surface area (Å²) < 4.78 is 0. The van der Waals surface area contributed by atoms with E-state index >= 15 is 0 Å². The Kier molecular flexibility index (Phi) is 17.8. The maximum atomic E-state index is 11.6. The number of carbonyl (C=O) groups excluding carboxylic acids is 1. The van der Waals surface area contributed by atoms with Crippen molar-refractivity contribution in [3.8, 4) is 0 Å². The van der Waals surface area contributed by atoms with Gasteiger partial charge in [-0.05, 0) is 32.5 Å². The average molecular weight is 355 g/mol. The van der Waals surface area contributed by atoms with Crippen molar-refractivity contribution in [2.75, 3.05) is 19.6 Å². The van der Waals surface area contributed by atoms with Gasteiger partial charge >= 0.3 is 0 Å². The zero-order chi connectivity index (χ0) is 18.8. The van der Waals surface area contributed by atoms with Gasteiger partial charge in [-0.1, -0.05) is 97.8 Å². The van der Waals surface area contributed by atoms with Gasteiger partial charge in [-0.2, -0.15) is 0 Å². The minimum Gasteiger partial charge on any atom is -0.369 e. The third-order valence-corrected chi connectivity index (χ3v) is 5.50. The first-order valence-corrected chi connectivity index (χ1v) is 11.2. The molecule has 0 radical (unpaired) electrons. The molecule has 25 heavy (non-hydrogen) atoms. The van der Waals surface area contributed by atoms with Gasteiger partial charge in [0.2, 0.25) is 5.91 Å². The van der Waals surface area contributed by atoms with Crippen molar-refractivity contribution in [2.24, 2.45) is 11.7 Å². The van der Waals surface area contributed by atoms with Crippen LogP contribution in [0, 0.1) is 5.92 Å². The SMILES string of the molecule is CCCCCCCCCCCCCCC(CCN(CC)CC)C(N)=O. The lowest BCUT2D eigenvalue weighted by Gasteiger charge is -2.21. The fourth-order valence-corrected chi connectivity index (χ4v) is 3.54. The maximum Gasteiger partial charge on any atom is 0.220 e. The molecule has 1 unspecified atom stereocenters. The van der Waals surface area contributed by atoms with E-state index in [0.717, 1.165) is 38.9 Å². The van der Waals surface area contributed by atoms with Gasteiger partial charge in [0, 0.05) is 5.92 Å². The molecule has 3 heteroatoms. The molecule has 1 atom stereocenters. The van der Waals surface area contributed by atoms with Crippen molar-refractivity contribution in [1.29, 1.82) is 0 Å². The van der Waals surface area contributed by atoms with Crippen LogP contribution in [0.4, 0.5) is 0 Å². The molecule has 150 valence electrons. The Bertz CT molecular complexity index is 290. The topological polar surface area (TPSA) is 46.3 Å². The van der Waals surface area contributed by atoms with E-state index in [0.29, 0.717) is 0 Å². The Morgan fingerprint density at radius 2 is 1.16 bits per heavy atom. The van der Waals surface area contributed by atoms with E-state index in [1.54, 1.807) is 0 Å². The number of unbranched alkanes of at least 4 members (excludes halogenated alkanes) is 11. The van der Waals surface area contributed by atoms with Gasteiger partial charge in [-0.3, -0.25) is 4.79 Å². The molecular weight excluding hydrogens is 308 g/mol. The quantitative estimate of drug-likeness (QED) is 0.293. The molecule has 0 aliphatic carbocycles. The molecule has 0 aromatic rings. The normalized spacial score (nSPS) is 12.6. The van der Waals surface area contributed by atoms with Gasteiger partial charge in [-0.15, -0.1) is 0 Å². The highest BCUT2D eigenvalue weighted by atomic mass is 16.1. The molecule has 0 saturated carbocycles. The summed E-state index contributed by atoms with van der Waals surface area (Å²) in [5, 5.41) is 0. The maximum absolute atomic E-state index is 11.6. The van der Waals surface area contributed by atoms with E-state index in [9.17, 15) is 4.79 Å². The highest BCUT2D eigenvalue weighted by Gasteiger charge is 2.15. The number of nitrogens with two attached hydrogens (primary N) is 1.